The van der Waals surface area contributed by atoms with Crippen LogP contribution >= 0.6 is 31.9 Å². The number of benzene rings is 2. The molecule has 0 radical (unpaired) electrons. The van der Waals surface area contributed by atoms with E-state index in [1.807, 2.05) is 43.6 Å². The lowest BCUT2D eigenvalue weighted by Gasteiger charge is -2.27. The summed E-state index contributed by atoms with van der Waals surface area (Å²) in [6.45, 7) is 3.94. The van der Waals surface area contributed by atoms with E-state index >= 15 is 0 Å². The number of allylic oxidation sites excluding steroid dienone is 1. The largest absolute Gasteiger partial charge is 0.383 e. The van der Waals surface area contributed by atoms with Crippen LogP contribution in [-0.4, -0.2) is 34.2 Å². The summed E-state index contributed by atoms with van der Waals surface area (Å²) >= 11 is 7.49. The molecule has 2 atom stereocenters. The molecule has 5 aromatic heterocycles. The Balaban J connectivity index is 0.901. The lowest BCUT2D eigenvalue weighted by molar-refractivity contribution is 0.327. The molecule has 4 N–H and O–H groups in total. The Labute approximate surface area is 371 Å². The third-order valence-electron chi connectivity index (χ3n) is 12.4. The summed E-state index contributed by atoms with van der Waals surface area (Å²) in [4.78, 5) is 19.9. The molecule has 11 nitrogen and oxygen atoms in total. The molecule has 0 aliphatic heterocycles. The van der Waals surface area contributed by atoms with E-state index in [0.717, 1.165) is 116 Å². The molecular weight excluding hydrogens is 890 g/mol. The molecule has 5 heterocycles. The first-order chi connectivity index (χ1) is 29.7. The number of nitrogens with two attached hydrogens (primary N) is 2. The number of fused-ring (bicyclic) bond motifs is 3. The Morgan fingerprint density at radius 1 is 0.852 bits per heavy atom. The van der Waals surface area contributed by atoms with Crippen molar-refractivity contribution in [1.29, 1.82) is 5.26 Å². The van der Waals surface area contributed by atoms with Gasteiger partial charge in [-0.2, -0.15) is 24.5 Å². The molecule has 0 bridgehead atoms. The van der Waals surface area contributed by atoms with Crippen molar-refractivity contribution in [2.75, 3.05) is 11.5 Å². The van der Waals surface area contributed by atoms with Crippen molar-refractivity contribution >= 4 is 83.0 Å². The first kappa shape index (κ1) is 40.3. The topological polar surface area (TPSA) is 153 Å². The van der Waals surface area contributed by atoms with Crippen molar-refractivity contribution in [2.24, 2.45) is 11.8 Å². The minimum Gasteiger partial charge on any atom is -0.383 e. The van der Waals surface area contributed by atoms with Gasteiger partial charge in [0.05, 0.1) is 56.3 Å². The highest BCUT2D eigenvalue weighted by atomic mass is 79.9. The van der Waals surface area contributed by atoms with Crippen molar-refractivity contribution in [2.45, 2.75) is 83.5 Å². The number of nitriles is 1. The number of pyridine rings is 1. The highest BCUT2D eigenvalue weighted by molar-refractivity contribution is 9.11. The number of anilines is 2. The molecule has 2 unspecified atom stereocenters. The maximum atomic E-state index is 9.25. The van der Waals surface area contributed by atoms with Crippen molar-refractivity contribution in [3.63, 3.8) is 0 Å². The van der Waals surface area contributed by atoms with E-state index in [4.69, 9.17) is 31.3 Å². The monoisotopic (exact) mass is 932 g/mol. The Morgan fingerprint density at radius 2 is 1.56 bits per heavy atom. The first-order valence-corrected chi connectivity index (χ1v) is 22.4. The van der Waals surface area contributed by atoms with Gasteiger partial charge in [0, 0.05) is 58.7 Å². The number of rotatable bonds is 7. The second-order valence-electron chi connectivity index (χ2n) is 16.3. The third kappa shape index (κ3) is 7.87. The highest BCUT2D eigenvalue weighted by Gasteiger charge is 2.31. The van der Waals surface area contributed by atoms with Crippen LogP contribution in [0.25, 0.3) is 49.8 Å². The van der Waals surface area contributed by atoms with Crippen LogP contribution in [0, 0.1) is 48.0 Å². The van der Waals surface area contributed by atoms with E-state index in [1.165, 1.54) is 5.56 Å². The third-order valence-corrected chi connectivity index (χ3v) is 14.1. The van der Waals surface area contributed by atoms with Gasteiger partial charge >= 0.3 is 5.69 Å². The van der Waals surface area contributed by atoms with Crippen molar-refractivity contribution in [3.05, 3.63) is 109 Å². The van der Waals surface area contributed by atoms with Crippen molar-refractivity contribution in [3.8, 4) is 35.1 Å². The van der Waals surface area contributed by atoms with Gasteiger partial charge in [0.2, 0.25) is 0 Å². The Kier molecular flexibility index (Phi) is 11.3. The molecule has 2 aromatic carbocycles. The van der Waals surface area contributed by atoms with Crippen LogP contribution in [-0.2, 0) is 0 Å². The summed E-state index contributed by atoms with van der Waals surface area (Å²) in [5, 5.41) is 19.4. The second-order valence-corrected chi connectivity index (χ2v) is 17.9. The van der Waals surface area contributed by atoms with Gasteiger partial charge < -0.3 is 11.5 Å². The molecule has 304 valence electrons. The Hall–Kier alpha value is -6.07. The number of aromatic nitrogens is 7. The number of hydrogen-bond acceptors (Lipinski definition) is 8. The number of aryl methyl sites for hydroxylation is 1. The average molecular weight is 935 g/mol. The van der Waals surface area contributed by atoms with Gasteiger partial charge in [-0.15, -0.1) is 5.92 Å². The van der Waals surface area contributed by atoms with Gasteiger partial charge in [0.1, 0.15) is 11.6 Å². The zero-order chi connectivity index (χ0) is 42.2. The van der Waals surface area contributed by atoms with Crippen molar-refractivity contribution < 1.29 is 0 Å². The van der Waals surface area contributed by atoms with E-state index in [2.05, 4.69) is 103 Å². The maximum Gasteiger partial charge on any atom is 0.340 e. The first-order valence-electron chi connectivity index (χ1n) is 20.8. The molecule has 2 aliphatic rings. The van der Waals surface area contributed by atoms with Crippen LogP contribution in [0.3, 0.4) is 0 Å². The number of hydrogen-bond donors (Lipinski definition) is 2. The van der Waals surface area contributed by atoms with Crippen molar-refractivity contribution in [1.82, 2.24) is 34.2 Å². The number of nitrogens with zero attached hydrogens (tertiary/aromatic N) is 9. The zero-order valence-corrected chi connectivity index (χ0v) is 37.2. The lowest BCUT2D eigenvalue weighted by Crippen LogP contribution is -2.16. The maximum absolute atomic E-state index is 9.25. The molecule has 2 saturated carbocycles. The summed E-state index contributed by atoms with van der Waals surface area (Å²) in [6, 6.07) is 22.1. The van der Waals surface area contributed by atoms with E-state index in [9.17, 15) is 5.26 Å². The van der Waals surface area contributed by atoms with Crippen LogP contribution in [0.5, 0.6) is 0 Å². The van der Waals surface area contributed by atoms with Gasteiger partial charge in [-0.05, 0) is 137 Å². The Morgan fingerprint density at radius 3 is 2.33 bits per heavy atom. The van der Waals surface area contributed by atoms with E-state index in [0.29, 0.717) is 41.2 Å². The fraction of sp³-hybridized carbons (Fsp3) is 0.312. The quantitative estimate of drug-likeness (QED) is 0.150. The molecular formula is C48H44Br2N11+. The zero-order valence-electron chi connectivity index (χ0n) is 34.0. The molecule has 7 aromatic rings. The number of halogens is 2. The molecule has 0 spiro atoms. The van der Waals surface area contributed by atoms with Crippen LogP contribution in [0.2, 0.25) is 0 Å². The predicted octanol–water partition coefficient (Wildman–Crippen LogP) is 11.7. The lowest BCUT2D eigenvalue weighted by atomic mass is 9.79. The highest BCUT2D eigenvalue weighted by Crippen LogP contribution is 2.44. The number of nitrogen functional groups attached to an aromatic ring is 2. The van der Waals surface area contributed by atoms with Gasteiger partial charge in [0.25, 0.3) is 6.07 Å². The molecule has 0 saturated heterocycles. The molecule has 2 aliphatic carbocycles. The van der Waals surface area contributed by atoms with Crippen LogP contribution in [0.4, 0.5) is 17.3 Å². The van der Waals surface area contributed by atoms with Gasteiger partial charge in [-0.1, -0.05) is 30.2 Å². The molecule has 13 heteroatoms. The standard InChI is InChI=1S/C48H44Br2N11/c1-3-6-33(22-32-8-5-4-7-28(32)2)38-26-56-60-45(52)41(49)43(58-47(38)60)31-12-9-29(10-13-31)18-20-54-37-15-16-40-35(24-37)23-36(25-55-40)39-27-57-61-46(53)42(50)44(59-48(39)61)34-14-11-30(21-34)17-19-51/h4-5,7-8,15-16,22-27,29-31,34H,9-14,17-18,21,52-53H2,1-2H3/q+1. The average Bonchev–Trinajstić information content (AvgIpc) is 4.03. The van der Waals surface area contributed by atoms with Crippen LogP contribution in [0.1, 0.15) is 105 Å². The summed E-state index contributed by atoms with van der Waals surface area (Å²) in [6.07, 6.45) is 15.9. The molecule has 0 amide bonds. The summed E-state index contributed by atoms with van der Waals surface area (Å²) in [7, 11) is 0. The van der Waals surface area contributed by atoms with Crippen LogP contribution < -0.4 is 11.5 Å². The fourth-order valence-electron chi connectivity index (χ4n) is 9.06. The van der Waals surface area contributed by atoms with Crippen LogP contribution in [0.15, 0.2) is 76.1 Å². The van der Waals surface area contributed by atoms with Gasteiger partial charge in [-0.3, -0.25) is 4.98 Å². The minimum absolute atomic E-state index is 0.238. The van der Waals surface area contributed by atoms with E-state index < -0.39 is 0 Å². The molecule has 2 fully saturated rings. The normalized spacial score (nSPS) is 19.1. The SMILES string of the molecule is CC#CC(=Cc1ccccc1C)c1cnn2c(N)c(Br)c(C3CCC(CC#[N+]c4ccc5ncc(-c6cnn7c(N)c(Br)c(C8CCC(CC#N)C8)nc67)cc5c4)CC3)nc12. The van der Waals surface area contributed by atoms with Gasteiger partial charge in [-0.25, -0.2) is 9.97 Å². The molecule has 9 rings (SSSR count). The summed E-state index contributed by atoms with van der Waals surface area (Å²) in [5.74, 6) is 8.79. The summed E-state index contributed by atoms with van der Waals surface area (Å²) < 4.78 is 4.97. The Bertz CT molecular complexity index is 3050. The molecule has 61 heavy (non-hydrogen) atoms. The van der Waals surface area contributed by atoms with Gasteiger partial charge in [0.15, 0.2) is 11.3 Å². The minimum atomic E-state index is 0.238. The summed E-state index contributed by atoms with van der Waals surface area (Å²) in [5.41, 5.74) is 24.1. The second kappa shape index (κ2) is 17.1. The fourth-order valence-corrected chi connectivity index (χ4v) is 10.2. The smallest absolute Gasteiger partial charge is 0.340 e. The van der Waals surface area contributed by atoms with E-state index in [1.54, 1.807) is 15.2 Å². The van der Waals surface area contributed by atoms with E-state index in [-0.39, 0.29) is 11.8 Å². The predicted molar refractivity (Wildman–Crippen MR) is 250 cm³/mol.